The molecule has 17 heavy (non-hydrogen) atoms. The van der Waals surface area contributed by atoms with E-state index in [9.17, 15) is 4.79 Å². The van der Waals surface area contributed by atoms with E-state index >= 15 is 0 Å². The molecule has 0 bridgehead atoms. The number of piperidine rings is 1. The summed E-state index contributed by atoms with van der Waals surface area (Å²) in [5.41, 5.74) is 6.61. The molecular formula is C13H23ClN2O. The van der Waals surface area contributed by atoms with Crippen molar-refractivity contribution in [1.82, 2.24) is 4.90 Å². The smallest absolute Gasteiger partial charge is 0.240 e. The van der Waals surface area contributed by atoms with Crippen LogP contribution in [-0.2, 0) is 4.79 Å². The Morgan fingerprint density at radius 1 is 1.35 bits per heavy atom. The first-order valence-electron chi connectivity index (χ1n) is 6.74. The molecule has 1 amide bonds. The van der Waals surface area contributed by atoms with Gasteiger partial charge in [0.15, 0.2) is 0 Å². The van der Waals surface area contributed by atoms with Crippen LogP contribution in [0.5, 0.6) is 0 Å². The average Bonchev–Trinajstić information content (AvgIpc) is 2.33. The Hall–Kier alpha value is -0.280. The van der Waals surface area contributed by atoms with Crippen LogP contribution in [0.3, 0.4) is 0 Å². The molecule has 2 atom stereocenters. The summed E-state index contributed by atoms with van der Waals surface area (Å²) in [5, 5.41) is -0.399. The van der Waals surface area contributed by atoms with Crippen LogP contribution in [0.15, 0.2) is 0 Å². The van der Waals surface area contributed by atoms with Crippen LogP contribution < -0.4 is 5.73 Å². The van der Waals surface area contributed by atoms with E-state index in [0.29, 0.717) is 11.5 Å². The van der Waals surface area contributed by atoms with E-state index in [-0.39, 0.29) is 5.91 Å². The molecule has 1 aliphatic heterocycles. The Balaban J connectivity index is 1.95. The summed E-state index contributed by atoms with van der Waals surface area (Å²) in [6, 6.07) is 0.335. The van der Waals surface area contributed by atoms with Gasteiger partial charge in [0, 0.05) is 19.1 Å². The van der Waals surface area contributed by atoms with Gasteiger partial charge in [0.05, 0.1) is 0 Å². The second-order valence-corrected chi connectivity index (χ2v) is 6.31. The fourth-order valence-electron chi connectivity index (χ4n) is 3.38. The van der Waals surface area contributed by atoms with Gasteiger partial charge >= 0.3 is 0 Å². The van der Waals surface area contributed by atoms with Gasteiger partial charge in [-0.1, -0.05) is 12.8 Å². The number of nitrogens with two attached hydrogens (primary N) is 1. The van der Waals surface area contributed by atoms with Crippen molar-refractivity contribution in [2.45, 2.75) is 56.9 Å². The molecule has 2 N–H and O–H groups in total. The van der Waals surface area contributed by atoms with E-state index in [0.717, 1.165) is 32.4 Å². The number of likely N-dealkylation sites (tertiary alicyclic amines) is 1. The SMILES string of the molecule is CC(Cl)C(=O)N1CCC2(CCCCC2N)CC1. The second kappa shape index (κ2) is 5.15. The summed E-state index contributed by atoms with van der Waals surface area (Å²) >= 11 is 5.85. The minimum Gasteiger partial charge on any atom is -0.341 e. The van der Waals surface area contributed by atoms with Gasteiger partial charge in [-0.15, -0.1) is 11.6 Å². The van der Waals surface area contributed by atoms with Gasteiger partial charge in [0.25, 0.3) is 0 Å². The lowest BCUT2D eigenvalue weighted by Gasteiger charge is -2.48. The Morgan fingerprint density at radius 2 is 2.00 bits per heavy atom. The molecule has 0 aromatic carbocycles. The predicted octanol–water partition coefficient (Wildman–Crippen LogP) is 2.12. The van der Waals surface area contributed by atoms with E-state index in [1.165, 1.54) is 19.3 Å². The third-order valence-electron chi connectivity index (χ3n) is 4.64. The summed E-state index contributed by atoms with van der Waals surface area (Å²) < 4.78 is 0. The van der Waals surface area contributed by atoms with Gasteiger partial charge in [-0.05, 0) is 38.0 Å². The van der Waals surface area contributed by atoms with Crippen molar-refractivity contribution < 1.29 is 4.79 Å². The zero-order valence-corrected chi connectivity index (χ0v) is 11.4. The zero-order valence-electron chi connectivity index (χ0n) is 10.6. The van der Waals surface area contributed by atoms with Crippen molar-refractivity contribution in [2.24, 2.45) is 11.1 Å². The number of hydrogen-bond donors (Lipinski definition) is 1. The van der Waals surface area contributed by atoms with E-state index in [1.807, 2.05) is 4.90 Å². The molecule has 1 spiro atoms. The Bertz CT molecular complexity index is 285. The minimum atomic E-state index is -0.399. The second-order valence-electron chi connectivity index (χ2n) is 5.66. The standard InChI is InChI=1S/C13H23ClN2O/c1-10(14)12(17)16-8-6-13(7-9-16)5-3-2-4-11(13)15/h10-11H,2-9,15H2,1H3. The van der Waals surface area contributed by atoms with E-state index in [2.05, 4.69) is 0 Å². The number of carbonyl (C=O) groups is 1. The highest BCUT2D eigenvalue weighted by atomic mass is 35.5. The van der Waals surface area contributed by atoms with Crippen LogP contribution in [0.2, 0.25) is 0 Å². The van der Waals surface area contributed by atoms with Crippen LogP contribution in [0.4, 0.5) is 0 Å². The quantitative estimate of drug-likeness (QED) is 0.733. The molecule has 98 valence electrons. The number of rotatable bonds is 1. The highest BCUT2D eigenvalue weighted by molar-refractivity contribution is 6.30. The van der Waals surface area contributed by atoms with Gasteiger partial charge < -0.3 is 10.6 Å². The van der Waals surface area contributed by atoms with Crippen molar-refractivity contribution in [3.63, 3.8) is 0 Å². The largest absolute Gasteiger partial charge is 0.341 e. The molecule has 1 saturated heterocycles. The van der Waals surface area contributed by atoms with Gasteiger partial charge in [-0.2, -0.15) is 0 Å². The maximum Gasteiger partial charge on any atom is 0.240 e. The van der Waals surface area contributed by atoms with E-state index < -0.39 is 5.38 Å². The fourth-order valence-corrected chi connectivity index (χ4v) is 3.52. The van der Waals surface area contributed by atoms with Crippen molar-refractivity contribution in [2.75, 3.05) is 13.1 Å². The average molecular weight is 259 g/mol. The summed E-state index contributed by atoms with van der Waals surface area (Å²) in [6.07, 6.45) is 7.08. The molecule has 4 heteroatoms. The summed E-state index contributed by atoms with van der Waals surface area (Å²) in [6.45, 7) is 3.42. The molecular weight excluding hydrogens is 236 g/mol. The number of hydrogen-bond acceptors (Lipinski definition) is 2. The molecule has 2 rings (SSSR count). The molecule has 2 unspecified atom stereocenters. The van der Waals surface area contributed by atoms with Crippen molar-refractivity contribution >= 4 is 17.5 Å². The highest BCUT2D eigenvalue weighted by Crippen LogP contribution is 2.43. The number of nitrogens with zero attached hydrogens (tertiary/aromatic N) is 1. The molecule has 0 aromatic heterocycles. The number of carbonyl (C=O) groups excluding carboxylic acids is 1. The van der Waals surface area contributed by atoms with Gasteiger partial charge in [0.1, 0.15) is 5.38 Å². The third-order valence-corrected chi connectivity index (χ3v) is 4.82. The van der Waals surface area contributed by atoms with E-state index in [4.69, 9.17) is 17.3 Å². The topological polar surface area (TPSA) is 46.3 Å². The summed E-state index contributed by atoms with van der Waals surface area (Å²) in [5.74, 6) is 0.0749. The minimum absolute atomic E-state index is 0.0749. The number of alkyl halides is 1. The lowest BCUT2D eigenvalue weighted by Crippen LogP contribution is -2.53. The molecule has 1 aliphatic carbocycles. The number of amides is 1. The number of halogens is 1. The van der Waals surface area contributed by atoms with Gasteiger partial charge in [-0.3, -0.25) is 4.79 Å². The van der Waals surface area contributed by atoms with Crippen LogP contribution in [0, 0.1) is 5.41 Å². The lowest BCUT2D eigenvalue weighted by molar-refractivity contribution is -0.133. The Morgan fingerprint density at radius 3 is 2.53 bits per heavy atom. The first-order chi connectivity index (χ1) is 8.05. The maximum atomic E-state index is 11.8. The van der Waals surface area contributed by atoms with Crippen molar-refractivity contribution in [1.29, 1.82) is 0 Å². The normalized spacial score (nSPS) is 30.3. The van der Waals surface area contributed by atoms with Crippen molar-refractivity contribution in [3.05, 3.63) is 0 Å². The Kier molecular flexibility index (Phi) is 3.99. The van der Waals surface area contributed by atoms with Gasteiger partial charge in [0.2, 0.25) is 5.91 Å². The Labute approximate surface area is 109 Å². The summed E-state index contributed by atoms with van der Waals surface area (Å²) in [7, 11) is 0. The maximum absolute atomic E-state index is 11.8. The zero-order chi connectivity index (χ0) is 12.5. The van der Waals surface area contributed by atoms with Crippen LogP contribution >= 0.6 is 11.6 Å². The van der Waals surface area contributed by atoms with Crippen LogP contribution in [-0.4, -0.2) is 35.3 Å². The first-order valence-corrected chi connectivity index (χ1v) is 7.17. The molecule has 1 saturated carbocycles. The monoisotopic (exact) mass is 258 g/mol. The fraction of sp³-hybridized carbons (Fsp3) is 0.923. The van der Waals surface area contributed by atoms with Crippen molar-refractivity contribution in [3.8, 4) is 0 Å². The highest BCUT2D eigenvalue weighted by Gasteiger charge is 2.42. The first kappa shape index (κ1) is 13.2. The lowest BCUT2D eigenvalue weighted by atomic mass is 9.65. The molecule has 2 aliphatic rings. The molecule has 3 nitrogen and oxygen atoms in total. The van der Waals surface area contributed by atoms with E-state index in [1.54, 1.807) is 6.92 Å². The predicted molar refractivity (Wildman–Crippen MR) is 70.0 cm³/mol. The molecule has 0 aromatic rings. The van der Waals surface area contributed by atoms with Crippen LogP contribution in [0.25, 0.3) is 0 Å². The summed E-state index contributed by atoms with van der Waals surface area (Å²) in [4.78, 5) is 13.7. The third kappa shape index (κ3) is 2.60. The van der Waals surface area contributed by atoms with Crippen LogP contribution in [0.1, 0.15) is 45.4 Å². The molecule has 2 fully saturated rings. The van der Waals surface area contributed by atoms with Gasteiger partial charge in [-0.25, -0.2) is 0 Å². The molecule has 0 radical (unpaired) electrons. The molecule has 1 heterocycles.